The van der Waals surface area contributed by atoms with Crippen LogP contribution >= 0.6 is 11.3 Å². The molecule has 2 aromatic heterocycles. The predicted octanol–water partition coefficient (Wildman–Crippen LogP) is 3.39. The Morgan fingerprint density at radius 2 is 2.26 bits per heavy atom. The normalized spacial score (nSPS) is 16.4. The summed E-state index contributed by atoms with van der Waals surface area (Å²) in [6.07, 6.45) is 2.34. The lowest BCUT2D eigenvalue weighted by Crippen LogP contribution is -2.32. The van der Waals surface area contributed by atoms with Crippen LogP contribution in [0.25, 0.3) is 11.3 Å². The van der Waals surface area contributed by atoms with E-state index < -0.39 is 0 Å². The van der Waals surface area contributed by atoms with Crippen molar-refractivity contribution < 1.29 is 9.53 Å². The second-order valence-corrected chi connectivity index (χ2v) is 6.15. The molecular weight excluding hydrogens is 310 g/mol. The van der Waals surface area contributed by atoms with Crippen molar-refractivity contribution in [3.05, 3.63) is 58.4 Å². The van der Waals surface area contributed by atoms with Gasteiger partial charge in [-0.1, -0.05) is 18.2 Å². The van der Waals surface area contributed by atoms with Crippen molar-refractivity contribution >= 4 is 17.2 Å². The summed E-state index contributed by atoms with van der Waals surface area (Å²) in [4.78, 5) is 12.7. The lowest BCUT2D eigenvalue weighted by Gasteiger charge is -2.26. The van der Waals surface area contributed by atoms with E-state index >= 15 is 0 Å². The molecule has 1 aliphatic rings. The third kappa shape index (κ3) is 2.61. The molecule has 116 valence electrons. The van der Waals surface area contributed by atoms with E-state index in [1.165, 1.54) is 0 Å². The molecule has 2 N–H and O–H groups in total. The van der Waals surface area contributed by atoms with Gasteiger partial charge in [0, 0.05) is 22.9 Å². The number of aromatic amines is 1. The second-order valence-electron chi connectivity index (χ2n) is 5.37. The molecule has 0 bridgehead atoms. The highest BCUT2D eigenvalue weighted by atomic mass is 32.1. The Bertz CT molecular complexity index is 826. The average Bonchev–Trinajstić information content (AvgIpc) is 3.26. The van der Waals surface area contributed by atoms with Crippen LogP contribution in [0.4, 0.5) is 0 Å². The van der Waals surface area contributed by atoms with Gasteiger partial charge in [-0.15, -0.1) is 0 Å². The van der Waals surface area contributed by atoms with E-state index in [9.17, 15) is 4.79 Å². The zero-order valence-corrected chi connectivity index (χ0v) is 13.1. The van der Waals surface area contributed by atoms with Crippen molar-refractivity contribution in [3.63, 3.8) is 0 Å². The molecule has 1 atom stereocenters. The highest BCUT2D eigenvalue weighted by Gasteiger charge is 2.24. The third-order valence-corrected chi connectivity index (χ3v) is 4.64. The third-order valence-electron chi connectivity index (χ3n) is 3.96. The van der Waals surface area contributed by atoms with Crippen molar-refractivity contribution in [2.75, 3.05) is 6.61 Å². The molecule has 0 unspecified atom stereocenters. The quantitative estimate of drug-likeness (QED) is 0.775. The number of hydrogen-bond acceptors (Lipinski definition) is 4. The number of carbonyl (C=O) groups is 1. The molecule has 0 spiro atoms. The van der Waals surface area contributed by atoms with E-state index in [-0.39, 0.29) is 11.9 Å². The van der Waals surface area contributed by atoms with Gasteiger partial charge in [-0.2, -0.15) is 16.4 Å². The van der Waals surface area contributed by atoms with Gasteiger partial charge in [0.05, 0.1) is 30.1 Å². The summed E-state index contributed by atoms with van der Waals surface area (Å²) in [5.41, 5.74) is 3.31. The molecule has 0 saturated carbocycles. The van der Waals surface area contributed by atoms with Gasteiger partial charge in [0.2, 0.25) is 0 Å². The number of thiophene rings is 1. The number of H-pyrrole nitrogens is 1. The molecule has 0 saturated heterocycles. The number of carbonyl (C=O) groups excluding carboxylic acids is 1. The van der Waals surface area contributed by atoms with E-state index in [4.69, 9.17) is 4.74 Å². The first-order chi connectivity index (χ1) is 11.3. The summed E-state index contributed by atoms with van der Waals surface area (Å²) >= 11 is 1.59. The molecule has 3 aromatic rings. The molecule has 0 aliphatic carbocycles. The van der Waals surface area contributed by atoms with Crippen LogP contribution in [0.2, 0.25) is 0 Å². The zero-order chi connectivity index (χ0) is 15.6. The zero-order valence-electron chi connectivity index (χ0n) is 12.3. The SMILES string of the molecule is O=C(N[C@@H]1CCOc2ccccc21)c1cn[nH]c1-c1ccsc1. The first kappa shape index (κ1) is 14.0. The molecule has 0 radical (unpaired) electrons. The van der Waals surface area contributed by atoms with Gasteiger partial charge in [0.25, 0.3) is 5.91 Å². The molecule has 5 nitrogen and oxygen atoms in total. The van der Waals surface area contributed by atoms with Gasteiger partial charge < -0.3 is 10.1 Å². The number of nitrogens with zero attached hydrogens (tertiary/aromatic N) is 1. The van der Waals surface area contributed by atoms with Crippen molar-refractivity contribution in [1.29, 1.82) is 0 Å². The van der Waals surface area contributed by atoms with E-state index in [0.717, 1.165) is 29.0 Å². The number of para-hydroxylation sites is 1. The van der Waals surface area contributed by atoms with Crippen LogP contribution in [0.15, 0.2) is 47.3 Å². The minimum Gasteiger partial charge on any atom is -0.493 e. The number of nitrogens with one attached hydrogen (secondary N) is 2. The van der Waals surface area contributed by atoms with Crippen molar-refractivity contribution in [2.45, 2.75) is 12.5 Å². The molecule has 1 amide bonds. The molecule has 0 fully saturated rings. The first-order valence-electron chi connectivity index (χ1n) is 7.41. The van der Waals surface area contributed by atoms with Crippen LogP contribution in [0.5, 0.6) is 5.75 Å². The van der Waals surface area contributed by atoms with Crippen LogP contribution in [0.3, 0.4) is 0 Å². The Balaban J connectivity index is 1.59. The topological polar surface area (TPSA) is 67.0 Å². The van der Waals surface area contributed by atoms with Crippen molar-refractivity contribution in [3.8, 4) is 17.0 Å². The number of rotatable bonds is 3. The lowest BCUT2D eigenvalue weighted by atomic mass is 10.00. The van der Waals surface area contributed by atoms with E-state index in [0.29, 0.717) is 12.2 Å². The Morgan fingerprint density at radius 3 is 3.13 bits per heavy atom. The summed E-state index contributed by atoms with van der Waals surface area (Å²) in [5, 5.41) is 14.0. The number of fused-ring (bicyclic) bond motifs is 1. The summed E-state index contributed by atoms with van der Waals surface area (Å²) in [6.45, 7) is 0.602. The fraction of sp³-hybridized carbons (Fsp3) is 0.176. The maximum atomic E-state index is 12.7. The van der Waals surface area contributed by atoms with E-state index in [2.05, 4.69) is 15.5 Å². The number of amides is 1. The van der Waals surface area contributed by atoms with Gasteiger partial charge in [-0.3, -0.25) is 9.89 Å². The van der Waals surface area contributed by atoms with Crippen molar-refractivity contribution in [2.24, 2.45) is 0 Å². The highest BCUT2D eigenvalue weighted by molar-refractivity contribution is 7.08. The Kier molecular flexibility index (Phi) is 3.59. The molecular formula is C17H15N3O2S. The van der Waals surface area contributed by atoms with Crippen molar-refractivity contribution in [1.82, 2.24) is 15.5 Å². The number of benzene rings is 1. The minimum atomic E-state index is -0.123. The second kappa shape index (κ2) is 5.89. The van der Waals surface area contributed by atoms with Crippen LogP contribution in [-0.4, -0.2) is 22.7 Å². The summed E-state index contributed by atoms with van der Waals surface area (Å²) in [6, 6.07) is 9.75. The average molecular weight is 325 g/mol. The Labute approximate surface area is 137 Å². The maximum Gasteiger partial charge on any atom is 0.255 e. The highest BCUT2D eigenvalue weighted by Crippen LogP contribution is 2.32. The first-order valence-corrected chi connectivity index (χ1v) is 8.36. The fourth-order valence-corrected chi connectivity index (χ4v) is 3.46. The van der Waals surface area contributed by atoms with Gasteiger partial charge >= 0.3 is 0 Å². The monoisotopic (exact) mass is 325 g/mol. The number of ether oxygens (including phenoxy) is 1. The Hall–Kier alpha value is -2.60. The van der Waals surface area contributed by atoms with Gasteiger partial charge in [-0.25, -0.2) is 0 Å². The lowest BCUT2D eigenvalue weighted by molar-refractivity contribution is 0.0925. The van der Waals surface area contributed by atoms with Crippen LogP contribution in [0, 0.1) is 0 Å². The van der Waals surface area contributed by atoms with E-state index in [1.807, 2.05) is 41.1 Å². The largest absolute Gasteiger partial charge is 0.493 e. The van der Waals surface area contributed by atoms with E-state index in [1.54, 1.807) is 17.5 Å². The van der Waals surface area contributed by atoms with Gasteiger partial charge in [0.15, 0.2) is 0 Å². The minimum absolute atomic E-state index is 0.0438. The van der Waals surface area contributed by atoms with Gasteiger partial charge in [-0.05, 0) is 17.5 Å². The smallest absolute Gasteiger partial charge is 0.255 e. The summed E-state index contributed by atoms with van der Waals surface area (Å²) < 4.78 is 5.64. The Morgan fingerprint density at radius 1 is 1.35 bits per heavy atom. The maximum absolute atomic E-state index is 12.7. The summed E-state index contributed by atoms with van der Waals surface area (Å²) in [5.74, 6) is 0.718. The molecule has 6 heteroatoms. The van der Waals surface area contributed by atoms with Crippen LogP contribution < -0.4 is 10.1 Å². The van der Waals surface area contributed by atoms with Gasteiger partial charge in [0.1, 0.15) is 5.75 Å². The fourth-order valence-electron chi connectivity index (χ4n) is 2.81. The van der Waals surface area contributed by atoms with Crippen LogP contribution in [0.1, 0.15) is 28.4 Å². The molecule has 1 aromatic carbocycles. The number of hydrogen-bond donors (Lipinski definition) is 2. The summed E-state index contributed by atoms with van der Waals surface area (Å²) in [7, 11) is 0. The van der Waals surface area contributed by atoms with Crippen LogP contribution in [-0.2, 0) is 0 Å². The molecule has 1 aliphatic heterocycles. The number of aromatic nitrogens is 2. The molecule has 3 heterocycles. The molecule has 23 heavy (non-hydrogen) atoms. The molecule has 4 rings (SSSR count). The predicted molar refractivity (Wildman–Crippen MR) is 88.7 cm³/mol. The standard InChI is InChI=1S/C17H15N3O2S/c21-17(13-9-18-20-16(13)11-6-8-23-10-11)19-14-5-7-22-15-4-2-1-3-12(14)15/h1-4,6,8-10,14H,5,7H2,(H,18,20)(H,19,21)/t14-/m1/s1.